The third-order valence-corrected chi connectivity index (χ3v) is 4.69. The Kier molecular flexibility index (Phi) is 5.14. The van der Waals surface area contributed by atoms with Crippen molar-refractivity contribution in [2.75, 3.05) is 19.7 Å². The van der Waals surface area contributed by atoms with Crippen molar-refractivity contribution < 1.29 is 13.9 Å². The van der Waals surface area contributed by atoms with Crippen molar-refractivity contribution in [3.8, 4) is 17.2 Å². The van der Waals surface area contributed by atoms with Crippen LogP contribution in [0.25, 0.3) is 11.5 Å². The summed E-state index contributed by atoms with van der Waals surface area (Å²) >= 11 is 0. The molecule has 0 N–H and O–H groups in total. The largest absolute Gasteiger partial charge is 0.484 e. The van der Waals surface area contributed by atoms with Gasteiger partial charge in [-0.15, -0.1) is 10.2 Å². The maximum atomic E-state index is 12.5. The minimum atomic E-state index is -0.0219. The summed E-state index contributed by atoms with van der Waals surface area (Å²) < 4.78 is 11.5. The van der Waals surface area contributed by atoms with Crippen LogP contribution in [0.3, 0.4) is 0 Å². The quantitative estimate of drug-likeness (QED) is 0.694. The van der Waals surface area contributed by atoms with Gasteiger partial charge in [-0.05, 0) is 37.1 Å². The van der Waals surface area contributed by atoms with Gasteiger partial charge in [0.25, 0.3) is 5.91 Å². The van der Waals surface area contributed by atoms with E-state index >= 15 is 0 Å². The maximum Gasteiger partial charge on any atom is 0.260 e. The molecule has 2 aromatic carbocycles. The van der Waals surface area contributed by atoms with Gasteiger partial charge in [0, 0.05) is 18.7 Å². The number of nitrogens with zero attached hydrogens (tertiary/aromatic N) is 3. The van der Waals surface area contributed by atoms with Crippen molar-refractivity contribution in [3.05, 3.63) is 66.6 Å². The first-order chi connectivity index (χ1) is 13.3. The van der Waals surface area contributed by atoms with Gasteiger partial charge in [0.05, 0.1) is 5.92 Å². The Labute approximate surface area is 157 Å². The lowest BCUT2D eigenvalue weighted by Gasteiger charge is -2.31. The molecule has 1 unspecified atom stereocenters. The van der Waals surface area contributed by atoms with Crippen LogP contribution in [0.4, 0.5) is 0 Å². The summed E-state index contributed by atoms with van der Waals surface area (Å²) in [6, 6.07) is 19.1. The Balaban J connectivity index is 1.38. The fraction of sp³-hybridized carbons (Fsp3) is 0.286. The van der Waals surface area contributed by atoms with Crippen molar-refractivity contribution >= 4 is 5.91 Å². The monoisotopic (exact) mass is 363 g/mol. The second kappa shape index (κ2) is 8.03. The maximum absolute atomic E-state index is 12.5. The normalized spacial score (nSPS) is 16.9. The number of benzene rings is 2. The van der Waals surface area contributed by atoms with Crippen molar-refractivity contribution in [1.82, 2.24) is 15.1 Å². The number of likely N-dealkylation sites (tertiary alicyclic amines) is 1. The average molecular weight is 363 g/mol. The molecular formula is C21H21N3O3. The number of piperidine rings is 1. The van der Waals surface area contributed by atoms with Crippen LogP contribution in [0.1, 0.15) is 24.7 Å². The first kappa shape index (κ1) is 17.3. The second-order valence-electron chi connectivity index (χ2n) is 6.59. The smallest absolute Gasteiger partial charge is 0.260 e. The molecule has 27 heavy (non-hydrogen) atoms. The molecule has 0 radical (unpaired) electrons. The zero-order chi connectivity index (χ0) is 18.5. The molecule has 1 atom stereocenters. The molecule has 4 rings (SSSR count). The molecular weight excluding hydrogens is 342 g/mol. The van der Waals surface area contributed by atoms with E-state index in [1.165, 1.54) is 0 Å². The number of ether oxygens (including phenoxy) is 1. The van der Waals surface area contributed by atoms with Crippen molar-refractivity contribution in [3.63, 3.8) is 0 Å². The van der Waals surface area contributed by atoms with E-state index in [1.54, 1.807) is 0 Å². The fourth-order valence-corrected chi connectivity index (χ4v) is 3.26. The number of carbonyl (C=O) groups excluding carboxylic acids is 1. The summed E-state index contributed by atoms with van der Waals surface area (Å²) in [6.45, 7) is 1.34. The van der Waals surface area contributed by atoms with Gasteiger partial charge in [-0.3, -0.25) is 4.79 Å². The topological polar surface area (TPSA) is 68.5 Å². The van der Waals surface area contributed by atoms with E-state index in [0.29, 0.717) is 24.1 Å². The third kappa shape index (κ3) is 4.16. The molecule has 3 aromatic rings. The van der Waals surface area contributed by atoms with Gasteiger partial charge in [-0.2, -0.15) is 0 Å². The standard InChI is InChI=1S/C21H21N3O3/c25-19(15-26-18-11-5-2-6-12-18)24-13-7-10-17(14-24)21-23-22-20(27-21)16-8-3-1-4-9-16/h1-6,8-9,11-12,17H,7,10,13-15H2. The van der Waals surface area contributed by atoms with Gasteiger partial charge < -0.3 is 14.1 Å². The van der Waals surface area contributed by atoms with Gasteiger partial charge >= 0.3 is 0 Å². The zero-order valence-corrected chi connectivity index (χ0v) is 15.0. The molecule has 0 spiro atoms. The number of carbonyl (C=O) groups is 1. The Morgan fingerprint density at radius 1 is 1.07 bits per heavy atom. The molecule has 1 amide bonds. The molecule has 0 saturated carbocycles. The predicted molar refractivity (Wildman–Crippen MR) is 100 cm³/mol. The Morgan fingerprint density at radius 3 is 2.59 bits per heavy atom. The zero-order valence-electron chi connectivity index (χ0n) is 15.0. The van der Waals surface area contributed by atoms with Crippen molar-refractivity contribution in [1.29, 1.82) is 0 Å². The van der Waals surface area contributed by atoms with E-state index in [-0.39, 0.29) is 18.4 Å². The lowest BCUT2D eigenvalue weighted by Crippen LogP contribution is -2.41. The highest BCUT2D eigenvalue weighted by Gasteiger charge is 2.28. The summed E-state index contributed by atoms with van der Waals surface area (Å²) in [6.07, 6.45) is 1.84. The number of hydrogen-bond donors (Lipinski definition) is 0. The van der Waals surface area contributed by atoms with Crippen LogP contribution in [-0.4, -0.2) is 40.7 Å². The number of rotatable bonds is 5. The lowest BCUT2D eigenvalue weighted by atomic mass is 9.98. The van der Waals surface area contributed by atoms with E-state index in [0.717, 1.165) is 24.9 Å². The molecule has 2 heterocycles. The second-order valence-corrected chi connectivity index (χ2v) is 6.59. The molecule has 1 aromatic heterocycles. The van der Waals surface area contributed by atoms with Crippen LogP contribution < -0.4 is 4.74 Å². The Hall–Kier alpha value is -3.15. The highest BCUT2D eigenvalue weighted by molar-refractivity contribution is 5.78. The van der Waals surface area contributed by atoms with Crippen LogP contribution in [0, 0.1) is 0 Å². The number of aromatic nitrogens is 2. The molecule has 0 bridgehead atoms. The van der Waals surface area contributed by atoms with Crippen molar-refractivity contribution in [2.24, 2.45) is 0 Å². The number of amides is 1. The van der Waals surface area contributed by atoms with E-state index < -0.39 is 0 Å². The summed E-state index contributed by atoms with van der Waals surface area (Å²) in [7, 11) is 0. The SMILES string of the molecule is O=C(COc1ccccc1)N1CCCC(c2nnc(-c3ccccc3)o2)C1. The highest BCUT2D eigenvalue weighted by Crippen LogP contribution is 2.28. The minimum Gasteiger partial charge on any atom is -0.484 e. The summed E-state index contributed by atoms with van der Waals surface area (Å²) in [5, 5.41) is 8.38. The predicted octanol–water partition coefficient (Wildman–Crippen LogP) is 3.52. The molecule has 1 aliphatic heterocycles. The first-order valence-electron chi connectivity index (χ1n) is 9.14. The number of hydrogen-bond acceptors (Lipinski definition) is 5. The fourth-order valence-electron chi connectivity index (χ4n) is 3.26. The number of para-hydroxylation sites is 1. The summed E-state index contributed by atoms with van der Waals surface area (Å²) in [5.41, 5.74) is 0.899. The molecule has 6 nitrogen and oxygen atoms in total. The van der Waals surface area contributed by atoms with Crippen LogP contribution >= 0.6 is 0 Å². The van der Waals surface area contributed by atoms with Gasteiger partial charge in [0.2, 0.25) is 11.8 Å². The third-order valence-electron chi connectivity index (χ3n) is 4.69. The Morgan fingerprint density at radius 2 is 1.81 bits per heavy atom. The molecule has 138 valence electrons. The van der Waals surface area contributed by atoms with E-state index in [2.05, 4.69) is 10.2 Å². The molecule has 6 heteroatoms. The highest BCUT2D eigenvalue weighted by atomic mass is 16.5. The van der Waals surface area contributed by atoms with Crippen LogP contribution in [0.2, 0.25) is 0 Å². The summed E-state index contributed by atoms with van der Waals surface area (Å²) in [4.78, 5) is 14.3. The first-order valence-corrected chi connectivity index (χ1v) is 9.14. The van der Waals surface area contributed by atoms with Crippen LogP contribution in [0.15, 0.2) is 65.1 Å². The minimum absolute atomic E-state index is 0.0219. The Bertz CT molecular complexity index is 880. The van der Waals surface area contributed by atoms with Crippen molar-refractivity contribution in [2.45, 2.75) is 18.8 Å². The van der Waals surface area contributed by atoms with Gasteiger partial charge in [0.1, 0.15) is 5.75 Å². The van der Waals surface area contributed by atoms with Gasteiger partial charge in [-0.1, -0.05) is 36.4 Å². The summed E-state index contributed by atoms with van der Waals surface area (Å²) in [5.74, 6) is 1.84. The molecule has 1 fully saturated rings. The molecule has 1 aliphatic rings. The van der Waals surface area contributed by atoms with E-state index in [9.17, 15) is 4.79 Å². The van der Waals surface area contributed by atoms with Gasteiger partial charge in [0.15, 0.2) is 6.61 Å². The van der Waals surface area contributed by atoms with E-state index in [1.807, 2.05) is 65.6 Å². The van der Waals surface area contributed by atoms with Crippen LogP contribution in [-0.2, 0) is 4.79 Å². The lowest BCUT2D eigenvalue weighted by molar-refractivity contribution is -0.134. The molecule has 1 saturated heterocycles. The molecule has 0 aliphatic carbocycles. The van der Waals surface area contributed by atoms with Gasteiger partial charge in [-0.25, -0.2) is 0 Å². The van der Waals surface area contributed by atoms with E-state index in [4.69, 9.17) is 9.15 Å². The average Bonchev–Trinajstić information content (AvgIpc) is 3.24. The van der Waals surface area contributed by atoms with Crippen LogP contribution in [0.5, 0.6) is 5.75 Å².